The molecule has 0 heterocycles. The van der Waals surface area contributed by atoms with Crippen LogP contribution in [-0.2, 0) is 10.0 Å². The predicted molar refractivity (Wildman–Crippen MR) is 130 cm³/mol. The van der Waals surface area contributed by atoms with Crippen molar-refractivity contribution in [2.45, 2.75) is 11.3 Å². The van der Waals surface area contributed by atoms with Crippen LogP contribution in [0.15, 0.2) is 64.5 Å². The van der Waals surface area contributed by atoms with Gasteiger partial charge in [0.15, 0.2) is 5.96 Å². The third-order valence-electron chi connectivity index (χ3n) is 3.90. The average Bonchev–Trinajstić information content (AvgIpc) is 2.75. The number of sulfonamides is 1. The van der Waals surface area contributed by atoms with Gasteiger partial charge in [-0.3, -0.25) is 15.1 Å². The number of aliphatic imine (C=N–C) groups is 1. The molecule has 12 heteroatoms. The van der Waals surface area contributed by atoms with E-state index < -0.39 is 14.9 Å². The van der Waals surface area contributed by atoms with E-state index in [0.29, 0.717) is 19.1 Å². The molecule has 0 aromatic heterocycles. The number of nitrogens with one attached hydrogen (secondary N) is 3. The molecule has 0 atom stereocenters. The number of hydrogen-bond acceptors (Lipinski definition) is 6. The summed E-state index contributed by atoms with van der Waals surface area (Å²) in [5.74, 6) is 1.35. The Labute approximate surface area is 198 Å². The molecule has 0 saturated carbocycles. The second-order valence-electron chi connectivity index (χ2n) is 6.09. The maximum atomic E-state index is 12.3. The molecular formula is C19H26IN5O5S. The van der Waals surface area contributed by atoms with Crippen molar-refractivity contribution in [2.75, 3.05) is 33.3 Å². The summed E-state index contributed by atoms with van der Waals surface area (Å²) in [6.07, 6.45) is 0.759. The number of nitro benzene ring substituents is 1. The molecule has 0 aliphatic heterocycles. The second-order valence-corrected chi connectivity index (χ2v) is 7.86. The summed E-state index contributed by atoms with van der Waals surface area (Å²) in [7, 11) is -2.23. The van der Waals surface area contributed by atoms with Crippen LogP contribution in [0.2, 0.25) is 0 Å². The van der Waals surface area contributed by atoms with Gasteiger partial charge < -0.3 is 15.4 Å². The van der Waals surface area contributed by atoms with Crippen LogP contribution >= 0.6 is 24.0 Å². The minimum absolute atomic E-state index is 0. The Morgan fingerprint density at radius 1 is 1.06 bits per heavy atom. The van der Waals surface area contributed by atoms with Gasteiger partial charge in [0.05, 0.1) is 16.4 Å². The maximum Gasteiger partial charge on any atom is 0.270 e. The van der Waals surface area contributed by atoms with E-state index in [9.17, 15) is 18.5 Å². The van der Waals surface area contributed by atoms with Crippen molar-refractivity contribution in [3.63, 3.8) is 0 Å². The van der Waals surface area contributed by atoms with Gasteiger partial charge in [0.2, 0.25) is 10.0 Å². The van der Waals surface area contributed by atoms with Crippen molar-refractivity contribution >= 4 is 45.6 Å². The van der Waals surface area contributed by atoms with Gasteiger partial charge in [-0.05, 0) is 24.6 Å². The fourth-order valence-corrected chi connectivity index (χ4v) is 3.49. The van der Waals surface area contributed by atoms with E-state index in [1.165, 1.54) is 18.2 Å². The molecule has 0 bridgehead atoms. The number of guanidine groups is 1. The highest BCUT2D eigenvalue weighted by atomic mass is 127. The fraction of sp³-hybridized carbons (Fsp3) is 0.316. The number of rotatable bonds is 11. The molecular weight excluding hydrogens is 537 g/mol. The molecule has 0 saturated heterocycles. The number of hydrogen-bond donors (Lipinski definition) is 3. The van der Waals surface area contributed by atoms with Crippen LogP contribution in [0.3, 0.4) is 0 Å². The SMILES string of the molecule is CN=C(NCCCOc1ccccc1)NCCNS(=O)(=O)c1cccc([N+](=O)[O-])c1.I. The maximum absolute atomic E-state index is 12.3. The molecule has 0 amide bonds. The minimum Gasteiger partial charge on any atom is -0.494 e. The summed E-state index contributed by atoms with van der Waals surface area (Å²) in [5.41, 5.74) is -0.281. The largest absolute Gasteiger partial charge is 0.494 e. The average molecular weight is 563 g/mol. The molecule has 0 aliphatic carbocycles. The number of nitrogens with zero attached hydrogens (tertiary/aromatic N) is 2. The third-order valence-corrected chi connectivity index (χ3v) is 5.36. The van der Waals surface area contributed by atoms with E-state index in [1.807, 2.05) is 30.3 Å². The van der Waals surface area contributed by atoms with E-state index in [1.54, 1.807) is 7.05 Å². The Balaban J connectivity index is 0.00000480. The van der Waals surface area contributed by atoms with Crippen LogP contribution in [0.4, 0.5) is 5.69 Å². The lowest BCUT2D eigenvalue weighted by molar-refractivity contribution is -0.385. The van der Waals surface area contributed by atoms with Gasteiger partial charge >= 0.3 is 0 Å². The molecule has 0 spiro atoms. The van der Waals surface area contributed by atoms with Crippen molar-refractivity contribution < 1.29 is 18.1 Å². The summed E-state index contributed by atoms with van der Waals surface area (Å²) in [6.45, 7) is 1.56. The molecule has 0 fully saturated rings. The zero-order valence-electron chi connectivity index (χ0n) is 17.0. The van der Waals surface area contributed by atoms with Crippen molar-refractivity contribution in [3.05, 3.63) is 64.7 Å². The topological polar surface area (TPSA) is 135 Å². The van der Waals surface area contributed by atoms with Crippen LogP contribution in [-0.4, -0.2) is 52.6 Å². The van der Waals surface area contributed by atoms with Gasteiger partial charge in [-0.15, -0.1) is 24.0 Å². The quantitative estimate of drug-likeness (QED) is 0.0953. The number of ether oxygens (including phenoxy) is 1. The first kappa shape index (κ1) is 26.6. The highest BCUT2D eigenvalue weighted by molar-refractivity contribution is 14.0. The Bertz CT molecular complexity index is 957. The molecule has 2 rings (SSSR count). The van der Waals surface area contributed by atoms with Gasteiger partial charge in [-0.25, -0.2) is 13.1 Å². The van der Waals surface area contributed by atoms with Gasteiger partial charge in [0.1, 0.15) is 5.75 Å². The van der Waals surface area contributed by atoms with Crippen LogP contribution in [0, 0.1) is 10.1 Å². The van der Waals surface area contributed by atoms with Gasteiger partial charge in [-0.1, -0.05) is 24.3 Å². The summed E-state index contributed by atoms with van der Waals surface area (Å²) in [5, 5.41) is 16.9. The number of non-ortho nitro benzene ring substituents is 1. The summed E-state index contributed by atoms with van der Waals surface area (Å²) in [6, 6.07) is 14.4. The van der Waals surface area contributed by atoms with Crippen LogP contribution < -0.4 is 20.1 Å². The number of para-hydroxylation sites is 1. The summed E-state index contributed by atoms with van der Waals surface area (Å²) >= 11 is 0. The van der Waals surface area contributed by atoms with Gasteiger partial charge in [-0.2, -0.15) is 0 Å². The first-order valence-corrected chi connectivity index (χ1v) is 10.8. The lowest BCUT2D eigenvalue weighted by Crippen LogP contribution is -2.42. The monoisotopic (exact) mass is 563 g/mol. The van der Waals surface area contributed by atoms with Crippen molar-refractivity contribution in [1.29, 1.82) is 0 Å². The lowest BCUT2D eigenvalue weighted by atomic mass is 10.3. The molecule has 0 aliphatic rings. The number of halogens is 1. The smallest absolute Gasteiger partial charge is 0.270 e. The minimum atomic E-state index is -3.84. The van der Waals surface area contributed by atoms with Crippen LogP contribution in [0.5, 0.6) is 5.75 Å². The Kier molecular flexibility index (Phi) is 11.8. The first-order valence-electron chi connectivity index (χ1n) is 9.29. The van der Waals surface area contributed by atoms with Crippen molar-refractivity contribution in [3.8, 4) is 5.75 Å². The van der Waals surface area contributed by atoms with Gasteiger partial charge in [0.25, 0.3) is 5.69 Å². The fourth-order valence-electron chi connectivity index (χ4n) is 2.42. The molecule has 170 valence electrons. The van der Waals surface area contributed by atoms with E-state index in [-0.39, 0.29) is 47.6 Å². The Morgan fingerprint density at radius 3 is 2.45 bits per heavy atom. The molecule has 2 aromatic rings. The zero-order chi connectivity index (χ0) is 21.8. The molecule has 0 radical (unpaired) electrons. The highest BCUT2D eigenvalue weighted by Gasteiger charge is 2.17. The van der Waals surface area contributed by atoms with E-state index >= 15 is 0 Å². The van der Waals surface area contributed by atoms with Crippen LogP contribution in [0.25, 0.3) is 0 Å². The second kappa shape index (κ2) is 13.8. The van der Waals surface area contributed by atoms with Crippen LogP contribution in [0.1, 0.15) is 6.42 Å². The van der Waals surface area contributed by atoms with Gasteiger partial charge in [0, 0.05) is 38.8 Å². The van der Waals surface area contributed by atoms with E-state index in [2.05, 4.69) is 20.3 Å². The standard InChI is InChI=1S/C19H25N5O5S.HI/c1-20-19(21-11-6-14-29-17-8-3-2-4-9-17)22-12-13-23-30(27,28)18-10-5-7-16(15-18)24(25)26;/h2-5,7-10,15,23H,6,11-14H2,1H3,(H2,20,21,22);1H. The molecule has 31 heavy (non-hydrogen) atoms. The number of nitro groups is 1. The summed E-state index contributed by atoms with van der Waals surface area (Å²) in [4.78, 5) is 14.1. The highest BCUT2D eigenvalue weighted by Crippen LogP contribution is 2.16. The normalized spacial score (nSPS) is 11.3. The lowest BCUT2D eigenvalue weighted by Gasteiger charge is -2.13. The first-order chi connectivity index (χ1) is 14.4. The molecule has 10 nitrogen and oxygen atoms in total. The zero-order valence-corrected chi connectivity index (χ0v) is 20.1. The predicted octanol–water partition coefficient (Wildman–Crippen LogP) is 2.13. The molecule has 0 unspecified atom stereocenters. The summed E-state index contributed by atoms with van der Waals surface area (Å²) < 4.78 is 32.5. The number of benzene rings is 2. The molecule has 3 N–H and O–H groups in total. The van der Waals surface area contributed by atoms with E-state index in [4.69, 9.17) is 4.74 Å². The Morgan fingerprint density at radius 2 is 1.77 bits per heavy atom. The van der Waals surface area contributed by atoms with Crippen molar-refractivity contribution in [2.24, 2.45) is 4.99 Å². The van der Waals surface area contributed by atoms with E-state index in [0.717, 1.165) is 18.2 Å². The Hall–Kier alpha value is -2.45. The molecule has 2 aromatic carbocycles. The van der Waals surface area contributed by atoms with Crippen molar-refractivity contribution in [1.82, 2.24) is 15.4 Å². The third kappa shape index (κ3) is 9.48.